The van der Waals surface area contributed by atoms with Crippen molar-refractivity contribution in [1.29, 1.82) is 0 Å². The van der Waals surface area contributed by atoms with Crippen molar-refractivity contribution in [3.05, 3.63) is 29.6 Å². The topological polar surface area (TPSA) is 72.7 Å². The lowest BCUT2D eigenvalue weighted by Gasteiger charge is -2.13. The summed E-state index contributed by atoms with van der Waals surface area (Å²) >= 11 is 0. The van der Waals surface area contributed by atoms with Gasteiger partial charge in [-0.2, -0.15) is 0 Å². The van der Waals surface area contributed by atoms with Gasteiger partial charge in [-0.05, 0) is 12.1 Å². The number of hydrogen-bond acceptors (Lipinski definition) is 4. The van der Waals surface area contributed by atoms with Gasteiger partial charge in [-0.1, -0.05) is 6.07 Å². The van der Waals surface area contributed by atoms with Crippen molar-refractivity contribution < 1.29 is 19.7 Å². The smallest absolute Gasteiger partial charge is 0.125 e. The molecule has 1 rings (SSSR count). The molecule has 0 aliphatic heterocycles. The van der Waals surface area contributed by atoms with Crippen LogP contribution in [-0.4, -0.2) is 34.6 Å². The summed E-state index contributed by atoms with van der Waals surface area (Å²) in [7, 11) is 0. The summed E-state index contributed by atoms with van der Waals surface area (Å²) in [5.41, 5.74) is 0.964. The molecule has 4 N–H and O–H groups in total. The highest BCUT2D eigenvalue weighted by molar-refractivity contribution is 5.51. The van der Waals surface area contributed by atoms with Crippen LogP contribution in [0, 0.1) is 5.82 Å². The number of hydrogen-bond donors (Lipinski definition) is 4. The third-order valence-electron chi connectivity index (χ3n) is 1.98. The van der Waals surface area contributed by atoms with Gasteiger partial charge in [-0.3, -0.25) is 0 Å². The largest absolute Gasteiger partial charge is 0.394 e. The van der Waals surface area contributed by atoms with Gasteiger partial charge in [0.1, 0.15) is 5.82 Å². The highest BCUT2D eigenvalue weighted by atomic mass is 19.1. The SMILES string of the molecule is OCc1ccc(F)cc1NC[C@@H](O)CO. The predicted octanol–water partition coefficient (Wildman–Crippen LogP) is 0.0831. The first kappa shape index (κ1) is 11.9. The highest BCUT2D eigenvalue weighted by Gasteiger charge is 2.05. The van der Waals surface area contributed by atoms with E-state index >= 15 is 0 Å². The number of rotatable bonds is 5. The van der Waals surface area contributed by atoms with E-state index in [1.165, 1.54) is 18.2 Å². The maximum Gasteiger partial charge on any atom is 0.125 e. The monoisotopic (exact) mass is 215 g/mol. The quantitative estimate of drug-likeness (QED) is 0.561. The first-order chi connectivity index (χ1) is 7.17. The fourth-order valence-corrected chi connectivity index (χ4v) is 1.14. The number of benzene rings is 1. The molecular formula is C10H14FNO3. The molecule has 0 aliphatic rings. The third-order valence-corrected chi connectivity index (χ3v) is 1.98. The summed E-state index contributed by atoms with van der Waals surface area (Å²) in [6.45, 7) is -0.471. The normalized spacial score (nSPS) is 12.5. The molecule has 0 bridgehead atoms. The maximum atomic E-state index is 12.9. The minimum Gasteiger partial charge on any atom is -0.394 e. The van der Waals surface area contributed by atoms with Crippen LogP contribution in [0.1, 0.15) is 5.56 Å². The van der Waals surface area contributed by atoms with Crippen molar-refractivity contribution in [2.24, 2.45) is 0 Å². The Hall–Kier alpha value is -1.17. The Morgan fingerprint density at radius 3 is 2.67 bits per heavy atom. The molecule has 0 saturated carbocycles. The highest BCUT2D eigenvalue weighted by Crippen LogP contribution is 2.16. The predicted molar refractivity (Wildman–Crippen MR) is 53.9 cm³/mol. The molecule has 15 heavy (non-hydrogen) atoms. The van der Waals surface area contributed by atoms with Crippen molar-refractivity contribution in [2.45, 2.75) is 12.7 Å². The summed E-state index contributed by atoms with van der Waals surface area (Å²) in [6, 6.07) is 3.94. The first-order valence-corrected chi connectivity index (χ1v) is 4.59. The zero-order valence-corrected chi connectivity index (χ0v) is 8.15. The van der Waals surface area contributed by atoms with Gasteiger partial charge in [-0.15, -0.1) is 0 Å². The number of anilines is 1. The summed E-state index contributed by atoms with van der Waals surface area (Å²) in [4.78, 5) is 0. The van der Waals surface area contributed by atoms with Crippen LogP contribution in [0.25, 0.3) is 0 Å². The van der Waals surface area contributed by atoms with E-state index in [1.54, 1.807) is 0 Å². The molecule has 0 radical (unpaired) electrons. The van der Waals surface area contributed by atoms with Gasteiger partial charge in [0.15, 0.2) is 0 Å². The van der Waals surface area contributed by atoms with E-state index < -0.39 is 11.9 Å². The molecular weight excluding hydrogens is 201 g/mol. The second-order valence-corrected chi connectivity index (χ2v) is 3.18. The van der Waals surface area contributed by atoms with Crippen molar-refractivity contribution in [2.75, 3.05) is 18.5 Å². The van der Waals surface area contributed by atoms with Crippen molar-refractivity contribution in [1.82, 2.24) is 0 Å². The molecule has 0 spiro atoms. The summed E-state index contributed by atoms with van der Waals surface area (Å²) in [5.74, 6) is -0.423. The second-order valence-electron chi connectivity index (χ2n) is 3.18. The number of aliphatic hydroxyl groups excluding tert-OH is 3. The zero-order chi connectivity index (χ0) is 11.3. The molecule has 5 heteroatoms. The molecule has 0 unspecified atom stereocenters. The van der Waals surface area contributed by atoms with Crippen LogP contribution >= 0.6 is 0 Å². The summed E-state index contributed by atoms with van der Waals surface area (Å²) in [5, 5.41) is 29.4. The second kappa shape index (κ2) is 5.65. The molecule has 1 aromatic rings. The molecule has 0 aliphatic carbocycles. The van der Waals surface area contributed by atoms with E-state index in [1.807, 2.05) is 0 Å². The van der Waals surface area contributed by atoms with Crippen LogP contribution in [0.5, 0.6) is 0 Å². The summed E-state index contributed by atoms with van der Waals surface area (Å²) < 4.78 is 12.9. The van der Waals surface area contributed by atoms with Gasteiger partial charge in [0.05, 0.1) is 19.3 Å². The van der Waals surface area contributed by atoms with Crippen molar-refractivity contribution >= 4 is 5.69 Å². The van der Waals surface area contributed by atoms with Crippen molar-refractivity contribution in [3.63, 3.8) is 0 Å². The fourth-order valence-electron chi connectivity index (χ4n) is 1.14. The molecule has 84 valence electrons. The molecule has 1 aromatic carbocycles. The Bertz CT molecular complexity index is 320. The van der Waals surface area contributed by atoms with Crippen LogP contribution < -0.4 is 5.32 Å². The minimum absolute atomic E-state index is 0.104. The van der Waals surface area contributed by atoms with Gasteiger partial charge in [-0.25, -0.2) is 4.39 Å². The number of aliphatic hydroxyl groups is 3. The van der Waals surface area contributed by atoms with Gasteiger partial charge in [0.25, 0.3) is 0 Å². The molecule has 0 saturated heterocycles. The number of halogens is 1. The van der Waals surface area contributed by atoms with Gasteiger partial charge >= 0.3 is 0 Å². The molecule has 0 heterocycles. The molecule has 0 aromatic heterocycles. The Morgan fingerprint density at radius 2 is 2.07 bits per heavy atom. The van der Waals surface area contributed by atoms with Gasteiger partial charge in [0, 0.05) is 17.8 Å². The fraction of sp³-hybridized carbons (Fsp3) is 0.400. The van der Waals surface area contributed by atoms with E-state index in [2.05, 4.69) is 5.32 Å². The van der Waals surface area contributed by atoms with E-state index in [9.17, 15) is 4.39 Å². The third kappa shape index (κ3) is 3.47. The lowest BCUT2D eigenvalue weighted by atomic mass is 10.2. The molecule has 1 atom stereocenters. The molecule has 0 fully saturated rings. The lowest BCUT2D eigenvalue weighted by molar-refractivity contribution is 0.105. The summed E-state index contributed by atoms with van der Waals surface area (Å²) in [6.07, 6.45) is -0.903. The lowest BCUT2D eigenvalue weighted by Crippen LogP contribution is -2.23. The Labute approximate surface area is 87.0 Å². The van der Waals surface area contributed by atoms with E-state index in [0.717, 1.165) is 0 Å². The standard InChI is InChI=1S/C10H14FNO3/c11-8-2-1-7(5-13)10(3-8)12-4-9(15)6-14/h1-3,9,12-15H,4-6H2/t9-/m1/s1. The molecule has 4 nitrogen and oxygen atoms in total. The Kier molecular flexibility index (Phi) is 4.48. The van der Waals surface area contributed by atoms with Crippen LogP contribution in [0.4, 0.5) is 10.1 Å². The van der Waals surface area contributed by atoms with Gasteiger partial charge < -0.3 is 20.6 Å². The Balaban J connectivity index is 2.69. The average molecular weight is 215 g/mol. The maximum absolute atomic E-state index is 12.9. The van der Waals surface area contributed by atoms with Crippen LogP contribution in [0.3, 0.4) is 0 Å². The Morgan fingerprint density at radius 1 is 1.33 bits per heavy atom. The van der Waals surface area contributed by atoms with Gasteiger partial charge in [0.2, 0.25) is 0 Å². The zero-order valence-electron chi connectivity index (χ0n) is 8.15. The molecule has 0 amide bonds. The minimum atomic E-state index is -0.903. The number of nitrogens with one attached hydrogen (secondary N) is 1. The van der Waals surface area contributed by atoms with E-state index in [0.29, 0.717) is 11.3 Å². The average Bonchev–Trinajstić information content (AvgIpc) is 2.26. The van der Waals surface area contributed by atoms with Crippen LogP contribution in [-0.2, 0) is 6.61 Å². The van der Waals surface area contributed by atoms with E-state index in [4.69, 9.17) is 15.3 Å². The first-order valence-electron chi connectivity index (χ1n) is 4.59. The van der Waals surface area contributed by atoms with Crippen molar-refractivity contribution in [3.8, 4) is 0 Å². The van der Waals surface area contributed by atoms with E-state index in [-0.39, 0.29) is 19.8 Å². The van der Waals surface area contributed by atoms with Crippen LogP contribution in [0.15, 0.2) is 18.2 Å². The van der Waals surface area contributed by atoms with Crippen LogP contribution in [0.2, 0.25) is 0 Å².